The molecule has 144 valence electrons. The molecule has 2 aromatic heterocycles. The summed E-state index contributed by atoms with van der Waals surface area (Å²) in [5.74, 6) is -0.0405. The molecule has 0 saturated carbocycles. The molecule has 0 radical (unpaired) electrons. The first kappa shape index (κ1) is 19.4. The van der Waals surface area contributed by atoms with Crippen LogP contribution in [0.4, 0.5) is 5.95 Å². The van der Waals surface area contributed by atoms with Crippen molar-refractivity contribution in [1.29, 1.82) is 0 Å². The maximum absolute atomic E-state index is 12.0. The molecule has 2 aromatic rings. The van der Waals surface area contributed by atoms with Crippen molar-refractivity contribution < 1.29 is 23.4 Å². The largest absolute Gasteiger partial charge is 0.374 e. The highest BCUT2D eigenvalue weighted by Crippen LogP contribution is 2.49. The predicted molar refractivity (Wildman–Crippen MR) is 95.9 cm³/mol. The van der Waals surface area contributed by atoms with Gasteiger partial charge in [-0.3, -0.25) is 18.9 Å². The van der Waals surface area contributed by atoms with Crippen LogP contribution in [0.25, 0.3) is 11.2 Å². The molecule has 0 aliphatic carbocycles. The number of nitrogen functional groups attached to an aromatic ring is 1. The lowest BCUT2D eigenvalue weighted by Crippen LogP contribution is -2.35. The monoisotopic (exact) mass is 405 g/mol. The van der Waals surface area contributed by atoms with E-state index in [-0.39, 0.29) is 17.1 Å². The number of H-pyrrole nitrogens is 1. The van der Waals surface area contributed by atoms with E-state index < -0.39 is 36.8 Å². The van der Waals surface area contributed by atoms with Crippen LogP contribution in [-0.2, 0) is 30.3 Å². The summed E-state index contributed by atoms with van der Waals surface area (Å²) in [7, 11) is 2.76. The molecule has 11 nitrogen and oxygen atoms in total. The van der Waals surface area contributed by atoms with Crippen molar-refractivity contribution in [3.63, 3.8) is 0 Å². The average molecular weight is 405 g/mol. The van der Waals surface area contributed by atoms with Crippen LogP contribution in [-0.4, -0.2) is 56.9 Å². The Balaban J connectivity index is 2.03. The Kier molecular flexibility index (Phi) is 5.45. The predicted octanol–water partition coefficient (Wildman–Crippen LogP) is 0.273. The van der Waals surface area contributed by atoms with E-state index in [1.165, 1.54) is 20.5 Å². The van der Waals surface area contributed by atoms with Crippen molar-refractivity contribution in [2.45, 2.75) is 37.9 Å². The maximum atomic E-state index is 12.0. The fourth-order valence-electron chi connectivity index (χ4n) is 2.96. The minimum Gasteiger partial charge on any atom is -0.374 e. The van der Waals surface area contributed by atoms with Crippen molar-refractivity contribution in [3.8, 4) is 0 Å². The molecule has 13 heteroatoms. The number of nitrogens with two attached hydrogens (primary N) is 1. The first-order valence-electron chi connectivity index (χ1n) is 7.78. The number of ether oxygens (including phenoxy) is 2. The lowest BCUT2D eigenvalue weighted by molar-refractivity contribution is -0.0494. The minimum absolute atomic E-state index is 0.0405. The fourth-order valence-corrected chi connectivity index (χ4v) is 3.91. The Morgan fingerprint density at radius 2 is 2.23 bits per heavy atom. The summed E-state index contributed by atoms with van der Waals surface area (Å²) in [6, 6.07) is 0. The topological polar surface area (TPSA) is 147 Å². The van der Waals surface area contributed by atoms with Gasteiger partial charge in [0.25, 0.3) is 5.56 Å². The molecule has 0 bridgehead atoms. The Morgan fingerprint density at radius 3 is 2.85 bits per heavy atom. The third-order valence-corrected chi connectivity index (χ3v) is 5.85. The number of hydrogen-bond donors (Lipinski definition) is 3. The average Bonchev–Trinajstić information content (AvgIpc) is 3.15. The van der Waals surface area contributed by atoms with E-state index in [4.69, 9.17) is 36.1 Å². The van der Waals surface area contributed by atoms with E-state index >= 15 is 0 Å². The van der Waals surface area contributed by atoms with Crippen LogP contribution in [0, 0.1) is 0 Å². The second-order valence-corrected chi connectivity index (χ2v) is 8.57. The van der Waals surface area contributed by atoms with E-state index in [1.807, 2.05) is 6.92 Å². The second kappa shape index (κ2) is 7.31. The standard InChI is InChI=1S/C13H20N5O6PS/c1-4-6-8(24-25(20,26)22-3)9(21-2)12(23-6)18-5-15-7-10(18)16-13(14)17-11(7)19/h5-6,8-9,12H,4H2,1-3H3,(H,20,26)(H3,14,16,17,19)/t6-,8+,9?,12-,25?/m1/s1. The van der Waals surface area contributed by atoms with Crippen LogP contribution in [0.15, 0.2) is 11.1 Å². The van der Waals surface area contributed by atoms with Gasteiger partial charge in [0.2, 0.25) is 5.95 Å². The number of aromatic nitrogens is 4. The van der Waals surface area contributed by atoms with Gasteiger partial charge < -0.3 is 24.6 Å². The molecule has 1 aliphatic heterocycles. The molecular formula is C13H20N5O6PS. The molecular weight excluding hydrogens is 385 g/mol. The molecule has 3 heterocycles. The summed E-state index contributed by atoms with van der Waals surface area (Å²) in [4.78, 5) is 32.6. The van der Waals surface area contributed by atoms with Gasteiger partial charge in [-0.25, -0.2) is 4.98 Å². The van der Waals surface area contributed by atoms with E-state index in [0.29, 0.717) is 6.42 Å². The quantitative estimate of drug-likeness (QED) is 0.572. The highest BCUT2D eigenvalue weighted by molar-refractivity contribution is 8.07. The number of nitrogens with zero attached hydrogens (tertiary/aromatic N) is 3. The van der Waals surface area contributed by atoms with Crippen LogP contribution < -0.4 is 11.3 Å². The summed E-state index contributed by atoms with van der Waals surface area (Å²) in [6.45, 7) is -1.53. The van der Waals surface area contributed by atoms with Crippen LogP contribution in [0.2, 0.25) is 0 Å². The van der Waals surface area contributed by atoms with Crippen LogP contribution in [0.3, 0.4) is 0 Å². The van der Waals surface area contributed by atoms with Gasteiger partial charge >= 0.3 is 6.72 Å². The normalized spacial score (nSPS) is 28.5. The van der Waals surface area contributed by atoms with Gasteiger partial charge in [-0.1, -0.05) is 6.92 Å². The molecule has 1 saturated heterocycles. The van der Waals surface area contributed by atoms with Crippen molar-refractivity contribution in [3.05, 3.63) is 16.7 Å². The smallest absolute Gasteiger partial charge is 0.324 e. The van der Waals surface area contributed by atoms with Gasteiger partial charge in [0, 0.05) is 14.2 Å². The molecule has 1 aliphatic rings. The van der Waals surface area contributed by atoms with E-state index in [0.717, 1.165) is 0 Å². The minimum atomic E-state index is -3.43. The van der Waals surface area contributed by atoms with Crippen molar-refractivity contribution in [2.75, 3.05) is 20.0 Å². The summed E-state index contributed by atoms with van der Waals surface area (Å²) < 4.78 is 23.6. The number of nitrogens with one attached hydrogen (secondary N) is 1. The Bertz CT molecular complexity index is 903. The molecule has 0 aromatic carbocycles. The number of imidazole rings is 1. The Labute approximate surface area is 153 Å². The zero-order valence-electron chi connectivity index (χ0n) is 14.4. The number of hydrogen-bond acceptors (Lipinski definition) is 9. The molecule has 0 spiro atoms. The number of rotatable bonds is 6. The number of fused-ring (bicyclic) bond motifs is 1. The third-order valence-electron chi connectivity index (χ3n) is 4.17. The van der Waals surface area contributed by atoms with Gasteiger partial charge in [0.1, 0.15) is 12.2 Å². The lowest BCUT2D eigenvalue weighted by Gasteiger charge is -2.26. The summed E-state index contributed by atoms with van der Waals surface area (Å²) in [5.41, 5.74) is 5.56. The highest BCUT2D eigenvalue weighted by Gasteiger charge is 2.48. The van der Waals surface area contributed by atoms with Gasteiger partial charge in [-0.2, -0.15) is 4.98 Å². The second-order valence-electron chi connectivity index (χ2n) is 5.67. The van der Waals surface area contributed by atoms with Gasteiger partial charge in [-0.05, 0) is 18.2 Å². The Morgan fingerprint density at radius 1 is 1.50 bits per heavy atom. The van der Waals surface area contributed by atoms with Gasteiger partial charge in [0.05, 0.1) is 12.4 Å². The zero-order chi connectivity index (χ0) is 19.1. The first-order valence-corrected chi connectivity index (χ1v) is 10.4. The molecule has 4 N–H and O–H groups in total. The molecule has 3 rings (SSSR count). The van der Waals surface area contributed by atoms with Crippen molar-refractivity contribution in [1.82, 2.24) is 19.5 Å². The van der Waals surface area contributed by atoms with Crippen molar-refractivity contribution in [2.24, 2.45) is 0 Å². The molecule has 5 atom stereocenters. The van der Waals surface area contributed by atoms with Crippen LogP contribution >= 0.6 is 6.72 Å². The Hall–Kier alpha value is -1.40. The summed E-state index contributed by atoms with van der Waals surface area (Å²) in [6.07, 6.45) is -0.467. The third kappa shape index (κ3) is 3.41. The van der Waals surface area contributed by atoms with E-state index in [9.17, 15) is 9.69 Å². The summed E-state index contributed by atoms with van der Waals surface area (Å²) in [5, 5.41) is 0. The van der Waals surface area contributed by atoms with Gasteiger partial charge in [0.15, 0.2) is 17.4 Å². The molecule has 2 unspecified atom stereocenters. The number of aromatic amines is 1. The number of methoxy groups -OCH3 is 1. The molecule has 0 amide bonds. The summed E-state index contributed by atoms with van der Waals surface area (Å²) >= 11 is 4.95. The zero-order valence-corrected chi connectivity index (χ0v) is 16.1. The molecule has 1 fully saturated rings. The highest BCUT2D eigenvalue weighted by atomic mass is 32.5. The maximum Gasteiger partial charge on any atom is 0.324 e. The van der Waals surface area contributed by atoms with Crippen molar-refractivity contribution >= 4 is 35.6 Å². The number of anilines is 1. The van der Waals surface area contributed by atoms with E-state index in [1.54, 1.807) is 4.57 Å². The van der Waals surface area contributed by atoms with Crippen LogP contribution in [0.1, 0.15) is 19.6 Å². The SMILES string of the molecule is CC[C@H]1O[C@@H](n2cnc3c(=O)[nH]c(N)nc32)C(OC)[C@H]1OP(O)(=S)OC. The lowest BCUT2D eigenvalue weighted by atomic mass is 10.1. The first-order chi connectivity index (χ1) is 12.3. The van der Waals surface area contributed by atoms with Crippen LogP contribution in [0.5, 0.6) is 0 Å². The van der Waals surface area contributed by atoms with Gasteiger partial charge in [-0.15, -0.1) is 0 Å². The fraction of sp³-hybridized carbons (Fsp3) is 0.615. The molecule has 26 heavy (non-hydrogen) atoms. The van der Waals surface area contributed by atoms with E-state index in [2.05, 4.69) is 15.0 Å².